The summed E-state index contributed by atoms with van der Waals surface area (Å²) in [6, 6.07) is 28.4. The van der Waals surface area contributed by atoms with Crippen LogP contribution in [0.5, 0.6) is 0 Å². The molecule has 31 heavy (non-hydrogen) atoms. The van der Waals surface area contributed by atoms with Crippen molar-refractivity contribution in [1.29, 1.82) is 0 Å². The Morgan fingerprint density at radius 1 is 0.677 bits per heavy atom. The van der Waals surface area contributed by atoms with Crippen molar-refractivity contribution in [2.24, 2.45) is 0 Å². The van der Waals surface area contributed by atoms with Gasteiger partial charge in [-0.15, -0.1) is 0 Å². The Morgan fingerprint density at radius 2 is 1.23 bits per heavy atom. The van der Waals surface area contributed by atoms with Crippen LogP contribution in [0.15, 0.2) is 72.8 Å². The average Bonchev–Trinajstić information content (AvgIpc) is 2.78. The summed E-state index contributed by atoms with van der Waals surface area (Å²) in [5, 5.41) is 10.6. The van der Waals surface area contributed by atoms with Crippen molar-refractivity contribution in [3.8, 4) is 0 Å². The Balaban J connectivity index is 0.000000250. The number of hydrogen-bond donors (Lipinski definition) is 0. The molecule has 0 aliphatic carbocycles. The van der Waals surface area contributed by atoms with Gasteiger partial charge in [0.25, 0.3) is 0 Å². The van der Waals surface area contributed by atoms with Crippen LogP contribution in [0, 0.1) is 13.8 Å². The maximum Gasteiger partial charge on any atom is 0.202 e. The molecule has 1 aliphatic heterocycles. The molecule has 5 radical (unpaired) electrons. The lowest BCUT2D eigenvalue weighted by Gasteiger charge is -2.13. The topological polar surface area (TPSA) is 9.23 Å². The molecule has 1 heterocycles. The zero-order chi connectivity index (χ0) is 21.4. The van der Waals surface area contributed by atoms with E-state index in [1.807, 2.05) is 0 Å². The van der Waals surface area contributed by atoms with Crippen molar-refractivity contribution in [3.63, 3.8) is 0 Å². The molecule has 0 unspecified atom stereocenters. The van der Waals surface area contributed by atoms with E-state index in [4.69, 9.17) is 4.43 Å². The van der Waals surface area contributed by atoms with Gasteiger partial charge in [0.2, 0.25) is 9.28 Å². The van der Waals surface area contributed by atoms with Gasteiger partial charge in [0, 0.05) is 14.9 Å². The molecule has 4 heteroatoms. The third-order valence-corrected chi connectivity index (χ3v) is 15.5. The van der Waals surface area contributed by atoms with E-state index in [2.05, 4.69) is 93.2 Å². The summed E-state index contributed by atoms with van der Waals surface area (Å²) in [7, 11) is 2.16. The molecule has 1 aliphatic rings. The number of aryl methyl sites for hydroxylation is 2. The van der Waals surface area contributed by atoms with Crippen molar-refractivity contribution in [2.75, 3.05) is 6.61 Å². The van der Waals surface area contributed by atoms with Crippen LogP contribution in [-0.4, -0.2) is 32.8 Å². The van der Waals surface area contributed by atoms with Gasteiger partial charge < -0.3 is 4.43 Å². The second kappa shape index (κ2) is 8.71. The molecule has 0 bridgehead atoms. The van der Waals surface area contributed by atoms with Gasteiger partial charge in [0.15, 0.2) is 0 Å². The van der Waals surface area contributed by atoms with Gasteiger partial charge in [-0.1, -0.05) is 55.1 Å². The van der Waals surface area contributed by atoms with E-state index in [1.165, 1.54) is 68.8 Å². The highest BCUT2D eigenvalue weighted by Crippen LogP contribution is 2.33. The summed E-state index contributed by atoms with van der Waals surface area (Å²) in [4.78, 5) is 0. The first kappa shape index (κ1) is 20.6. The molecule has 5 aromatic carbocycles. The third-order valence-electron chi connectivity index (χ3n) is 6.19. The summed E-state index contributed by atoms with van der Waals surface area (Å²) in [5.74, 6) is 0. The van der Waals surface area contributed by atoms with Crippen LogP contribution in [0.1, 0.15) is 11.1 Å². The average molecular weight is 450 g/mol. The zero-order valence-corrected chi connectivity index (χ0v) is 21.3. The summed E-state index contributed by atoms with van der Waals surface area (Å²) >= 11 is 0. The van der Waals surface area contributed by atoms with E-state index in [9.17, 15) is 0 Å². The molecule has 1 nitrogen and oxygen atoms in total. The highest BCUT2D eigenvalue weighted by atomic mass is 29.5. The second-order valence-electron chi connectivity index (χ2n) is 8.45. The van der Waals surface area contributed by atoms with Gasteiger partial charge in [-0.2, -0.15) is 0 Å². The van der Waals surface area contributed by atoms with E-state index in [0.29, 0.717) is 0 Å². The fraction of sp³-hybridized carbons (Fsp3) is 0.185. The first-order chi connectivity index (χ1) is 15.1. The lowest BCUT2D eigenvalue weighted by molar-refractivity contribution is 0.367. The second-order valence-corrected chi connectivity index (χ2v) is 17.4. The predicted molar refractivity (Wildman–Crippen MR) is 140 cm³/mol. The Bertz CT molecular complexity index is 1400. The summed E-state index contributed by atoms with van der Waals surface area (Å²) < 4.78 is 5.21. The molecule has 0 atom stereocenters. The molecule has 1 fully saturated rings. The molecule has 5 aromatic rings. The molecule has 151 valence electrons. The summed E-state index contributed by atoms with van der Waals surface area (Å²) in [5.41, 5.74) is 2.71. The first-order valence-electron chi connectivity index (χ1n) is 10.8. The van der Waals surface area contributed by atoms with Crippen LogP contribution < -0.4 is 0 Å². The first-order valence-corrected chi connectivity index (χ1v) is 16.9. The highest BCUT2D eigenvalue weighted by Gasteiger charge is 2.11. The van der Waals surface area contributed by atoms with E-state index in [0.717, 1.165) is 15.9 Å². The Kier molecular flexibility index (Phi) is 5.80. The van der Waals surface area contributed by atoms with Crippen LogP contribution in [0.2, 0.25) is 12.6 Å². The molecule has 6 rings (SSSR count). The fourth-order valence-electron chi connectivity index (χ4n) is 4.22. The minimum Gasteiger partial charge on any atom is -0.422 e. The molecule has 0 N–H and O–H groups in total. The predicted octanol–water partition coefficient (Wildman–Crippen LogP) is 6.79. The lowest BCUT2D eigenvalue weighted by Crippen LogP contribution is -2.32. The largest absolute Gasteiger partial charge is 0.422 e. The van der Waals surface area contributed by atoms with E-state index >= 15 is 0 Å². The maximum atomic E-state index is 5.21. The fourth-order valence-corrected chi connectivity index (χ4v) is 10.5. The van der Waals surface area contributed by atoms with Crippen LogP contribution in [0.3, 0.4) is 0 Å². The van der Waals surface area contributed by atoms with Crippen LogP contribution >= 0.6 is 0 Å². The Morgan fingerprint density at radius 3 is 1.77 bits per heavy atom. The van der Waals surface area contributed by atoms with Gasteiger partial charge in [0.1, 0.15) is 0 Å². The summed E-state index contributed by atoms with van der Waals surface area (Å²) in [6.07, 6.45) is 0. The molecule has 0 spiro atoms. The van der Waals surface area contributed by atoms with Crippen molar-refractivity contribution >= 4 is 69.2 Å². The van der Waals surface area contributed by atoms with Crippen LogP contribution in [0.4, 0.5) is 0 Å². The minimum absolute atomic E-state index is 0.122. The monoisotopic (exact) mass is 449 g/mol. The Hall–Kier alpha value is -2.25. The van der Waals surface area contributed by atoms with E-state index in [-0.39, 0.29) is 8.31 Å². The van der Waals surface area contributed by atoms with Crippen LogP contribution in [-0.2, 0) is 4.43 Å². The SMILES string of the molecule is C[Si]1CCO[Si][Si]1.Cc1cc2cc3ccc4cc5ccccc5cc4c3cc2cc1C. The van der Waals surface area contributed by atoms with Crippen molar-refractivity contribution < 1.29 is 4.43 Å². The molecule has 0 saturated carbocycles. The lowest BCUT2D eigenvalue weighted by atomic mass is 9.94. The molecular weight excluding hydrogens is 425 g/mol. The Labute approximate surface area is 190 Å². The standard InChI is InChI=1S/C24H18.C3H7OSi3/c1-15-9-21-12-20-8-7-19-11-17-5-3-4-6-18(17)13-23(19)24(20)14-22(21)10-16(15)2;1-7-3-2-4-5-6-7/h3-14H,1-2H3;2-3H2,1H3. The highest BCUT2D eigenvalue weighted by molar-refractivity contribution is 7.34. The van der Waals surface area contributed by atoms with Crippen molar-refractivity contribution in [2.45, 2.75) is 26.4 Å². The van der Waals surface area contributed by atoms with Gasteiger partial charge in [-0.05, 0) is 98.4 Å². The summed E-state index contributed by atoms with van der Waals surface area (Å²) in [6.45, 7) is 7.83. The number of rotatable bonds is 0. The number of hydrogen-bond acceptors (Lipinski definition) is 1. The van der Waals surface area contributed by atoms with Gasteiger partial charge in [-0.3, -0.25) is 0 Å². The maximum absolute atomic E-state index is 5.21. The molecule has 1 saturated heterocycles. The normalized spacial score (nSPS) is 14.8. The third kappa shape index (κ3) is 4.26. The van der Waals surface area contributed by atoms with E-state index < -0.39 is 0 Å². The molecule has 0 aromatic heterocycles. The van der Waals surface area contributed by atoms with Crippen molar-refractivity contribution in [1.82, 2.24) is 0 Å². The molecule has 0 amide bonds. The van der Waals surface area contributed by atoms with Gasteiger partial charge in [0.05, 0.1) is 8.55 Å². The number of fused-ring (bicyclic) bond motifs is 5. The zero-order valence-electron chi connectivity index (χ0n) is 18.3. The smallest absolute Gasteiger partial charge is 0.202 e. The number of benzene rings is 5. The van der Waals surface area contributed by atoms with Crippen molar-refractivity contribution in [3.05, 3.63) is 83.9 Å². The van der Waals surface area contributed by atoms with Crippen LogP contribution in [0.25, 0.3) is 43.1 Å². The minimum atomic E-state index is 0.122. The molecular formula is C27H25OSi3. The van der Waals surface area contributed by atoms with Gasteiger partial charge >= 0.3 is 0 Å². The van der Waals surface area contributed by atoms with E-state index in [1.54, 1.807) is 0 Å². The van der Waals surface area contributed by atoms with Gasteiger partial charge in [-0.25, -0.2) is 0 Å². The quantitative estimate of drug-likeness (QED) is 0.144.